The van der Waals surface area contributed by atoms with Gasteiger partial charge >= 0.3 is 0 Å². The van der Waals surface area contributed by atoms with Gasteiger partial charge in [0.15, 0.2) is 0 Å². The summed E-state index contributed by atoms with van der Waals surface area (Å²) in [5, 5.41) is 0. The Morgan fingerprint density at radius 2 is 1.62 bits per heavy atom. The molecule has 2 aromatic carbocycles. The summed E-state index contributed by atoms with van der Waals surface area (Å²) in [4.78, 5) is 25.8. The van der Waals surface area contributed by atoms with Crippen LogP contribution in [0, 0.1) is 5.92 Å². The van der Waals surface area contributed by atoms with Gasteiger partial charge in [0.2, 0.25) is 5.91 Å². The zero-order chi connectivity index (χ0) is 17.1. The zero-order valence-electron chi connectivity index (χ0n) is 13.9. The van der Waals surface area contributed by atoms with Crippen LogP contribution in [0.25, 0.3) is 11.1 Å². The van der Waals surface area contributed by atoms with Gasteiger partial charge in [0.05, 0.1) is 0 Å². The molecule has 1 aliphatic rings. The molecule has 1 fully saturated rings. The molecule has 124 valence electrons. The highest BCUT2D eigenvalue weighted by atomic mass is 16.2. The third kappa shape index (κ3) is 3.48. The number of carbonyl (C=O) groups excluding carboxylic acids is 2. The Kier molecular flexibility index (Phi) is 4.65. The molecule has 0 saturated carbocycles. The average Bonchev–Trinajstić information content (AvgIpc) is 2.62. The van der Waals surface area contributed by atoms with Crippen LogP contribution in [-0.4, -0.2) is 29.8 Å². The van der Waals surface area contributed by atoms with E-state index in [-0.39, 0.29) is 5.91 Å². The number of carbonyl (C=O) groups is 2. The number of hydrogen-bond acceptors (Lipinski definition) is 2. The normalized spacial score (nSPS) is 15.3. The first-order valence-corrected chi connectivity index (χ1v) is 8.34. The molecular formula is C20H22N2O2. The lowest BCUT2D eigenvalue weighted by Gasteiger charge is -2.30. The molecule has 0 unspecified atom stereocenters. The van der Waals surface area contributed by atoms with Gasteiger partial charge in [0.1, 0.15) is 0 Å². The van der Waals surface area contributed by atoms with Crippen LogP contribution in [0.5, 0.6) is 0 Å². The smallest absolute Gasteiger partial charge is 0.253 e. The summed E-state index contributed by atoms with van der Waals surface area (Å²) in [7, 11) is 0. The van der Waals surface area contributed by atoms with Crippen LogP contribution < -0.4 is 5.73 Å². The molecular weight excluding hydrogens is 300 g/mol. The van der Waals surface area contributed by atoms with E-state index in [4.69, 9.17) is 5.73 Å². The van der Waals surface area contributed by atoms with Gasteiger partial charge in [-0.2, -0.15) is 0 Å². The summed E-state index contributed by atoms with van der Waals surface area (Å²) in [6.07, 6.45) is 2.14. The molecule has 0 aromatic heterocycles. The Labute approximate surface area is 142 Å². The Bertz CT molecular complexity index is 744. The van der Waals surface area contributed by atoms with E-state index in [1.54, 1.807) is 12.1 Å². The van der Waals surface area contributed by atoms with Crippen LogP contribution in [0.1, 0.15) is 40.5 Å². The second-order valence-electron chi connectivity index (χ2n) is 6.50. The number of amides is 2. The topological polar surface area (TPSA) is 63.4 Å². The molecule has 0 radical (unpaired) electrons. The fourth-order valence-electron chi connectivity index (χ4n) is 3.05. The third-order valence-electron chi connectivity index (χ3n) is 4.68. The maximum Gasteiger partial charge on any atom is 0.253 e. The van der Waals surface area contributed by atoms with Crippen molar-refractivity contribution in [3.8, 4) is 11.1 Å². The van der Waals surface area contributed by atoms with Crippen molar-refractivity contribution in [3.63, 3.8) is 0 Å². The highest BCUT2D eigenvalue weighted by Crippen LogP contribution is 2.23. The fourth-order valence-corrected chi connectivity index (χ4v) is 3.05. The lowest BCUT2D eigenvalue weighted by atomic mass is 9.97. The number of rotatable bonds is 3. The molecule has 0 atom stereocenters. The van der Waals surface area contributed by atoms with Crippen molar-refractivity contribution in [2.24, 2.45) is 11.7 Å². The Morgan fingerprint density at radius 3 is 2.25 bits per heavy atom. The number of hydrogen-bond donors (Lipinski definition) is 1. The molecule has 1 aliphatic heterocycles. The molecule has 24 heavy (non-hydrogen) atoms. The molecule has 0 spiro atoms. The summed E-state index contributed by atoms with van der Waals surface area (Å²) >= 11 is 0. The molecule has 2 amide bonds. The Morgan fingerprint density at radius 1 is 0.958 bits per heavy atom. The predicted molar refractivity (Wildman–Crippen MR) is 94.7 cm³/mol. The number of benzene rings is 2. The largest absolute Gasteiger partial charge is 0.366 e. The molecule has 1 heterocycles. The van der Waals surface area contributed by atoms with E-state index in [9.17, 15) is 9.59 Å². The molecule has 2 aromatic rings. The second-order valence-corrected chi connectivity index (χ2v) is 6.50. The first kappa shape index (κ1) is 16.2. The fraction of sp³-hybridized carbons (Fsp3) is 0.300. The molecule has 1 saturated heterocycles. The molecule has 0 bridgehead atoms. The lowest BCUT2D eigenvalue weighted by molar-refractivity contribution is 0.0697. The number of nitrogens with zero attached hydrogens (tertiary/aromatic N) is 1. The monoisotopic (exact) mass is 322 g/mol. The van der Waals surface area contributed by atoms with Crippen LogP contribution in [-0.2, 0) is 0 Å². The standard InChI is InChI=1S/C20H22N2O2/c1-14-9-11-22(12-10-14)20(24)18-4-2-3-17(13-18)15-5-7-16(8-6-15)19(21)23/h2-8,13-14H,9-12H2,1H3,(H2,21,23). The molecule has 4 heteroatoms. The first-order valence-electron chi connectivity index (χ1n) is 8.34. The van der Waals surface area contributed by atoms with Gasteiger partial charge in [-0.1, -0.05) is 31.2 Å². The second kappa shape index (κ2) is 6.87. The minimum absolute atomic E-state index is 0.0949. The van der Waals surface area contributed by atoms with Crippen molar-refractivity contribution >= 4 is 11.8 Å². The van der Waals surface area contributed by atoms with E-state index in [1.807, 2.05) is 41.3 Å². The van der Waals surface area contributed by atoms with E-state index in [2.05, 4.69) is 6.92 Å². The van der Waals surface area contributed by atoms with Crippen LogP contribution in [0.15, 0.2) is 48.5 Å². The van der Waals surface area contributed by atoms with E-state index in [0.717, 1.165) is 37.1 Å². The summed E-state index contributed by atoms with van der Waals surface area (Å²) < 4.78 is 0. The minimum Gasteiger partial charge on any atom is -0.366 e. The zero-order valence-corrected chi connectivity index (χ0v) is 13.9. The van der Waals surface area contributed by atoms with Crippen LogP contribution >= 0.6 is 0 Å². The summed E-state index contributed by atoms with van der Waals surface area (Å²) in [6.45, 7) is 3.90. The first-order chi connectivity index (χ1) is 11.5. The van der Waals surface area contributed by atoms with Gasteiger partial charge in [-0.05, 0) is 54.2 Å². The van der Waals surface area contributed by atoms with E-state index < -0.39 is 5.91 Å². The predicted octanol–water partition coefficient (Wildman–Crippen LogP) is 3.32. The van der Waals surface area contributed by atoms with E-state index in [0.29, 0.717) is 17.0 Å². The lowest BCUT2D eigenvalue weighted by Crippen LogP contribution is -2.37. The highest BCUT2D eigenvalue weighted by Gasteiger charge is 2.21. The van der Waals surface area contributed by atoms with Crippen LogP contribution in [0.4, 0.5) is 0 Å². The van der Waals surface area contributed by atoms with E-state index in [1.165, 1.54) is 0 Å². The van der Waals surface area contributed by atoms with Crippen molar-refractivity contribution in [2.45, 2.75) is 19.8 Å². The summed E-state index contributed by atoms with van der Waals surface area (Å²) in [5.74, 6) is 0.353. The number of primary amides is 1. The van der Waals surface area contributed by atoms with Crippen LogP contribution in [0.3, 0.4) is 0 Å². The van der Waals surface area contributed by atoms with Gasteiger partial charge in [0.25, 0.3) is 5.91 Å². The van der Waals surface area contributed by atoms with Crippen molar-refractivity contribution in [2.75, 3.05) is 13.1 Å². The van der Waals surface area contributed by atoms with Crippen molar-refractivity contribution in [1.82, 2.24) is 4.90 Å². The van der Waals surface area contributed by atoms with Gasteiger partial charge in [-0.3, -0.25) is 9.59 Å². The van der Waals surface area contributed by atoms with Gasteiger partial charge in [0, 0.05) is 24.2 Å². The van der Waals surface area contributed by atoms with Crippen molar-refractivity contribution in [3.05, 3.63) is 59.7 Å². The Balaban J connectivity index is 1.81. The van der Waals surface area contributed by atoms with Crippen molar-refractivity contribution in [1.29, 1.82) is 0 Å². The number of likely N-dealkylation sites (tertiary alicyclic amines) is 1. The third-order valence-corrected chi connectivity index (χ3v) is 4.68. The van der Waals surface area contributed by atoms with Gasteiger partial charge in [-0.25, -0.2) is 0 Å². The average molecular weight is 322 g/mol. The molecule has 4 nitrogen and oxygen atoms in total. The summed E-state index contributed by atoms with van der Waals surface area (Å²) in [6, 6.07) is 14.8. The summed E-state index contributed by atoms with van der Waals surface area (Å²) in [5.41, 5.74) is 8.38. The van der Waals surface area contributed by atoms with Gasteiger partial charge in [-0.15, -0.1) is 0 Å². The highest BCUT2D eigenvalue weighted by molar-refractivity contribution is 5.96. The van der Waals surface area contributed by atoms with Gasteiger partial charge < -0.3 is 10.6 Å². The molecule has 3 rings (SSSR count). The van der Waals surface area contributed by atoms with Crippen LogP contribution in [0.2, 0.25) is 0 Å². The SMILES string of the molecule is CC1CCN(C(=O)c2cccc(-c3ccc(C(N)=O)cc3)c2)CC1. The number of nitrogens with two attached hydrogens (primary N) is 1. The van der Waals surface area contributed by atoms with Crippen molar-refractivity contribution < 1.29 is 9.59 Å². The van der Waals surface area contributed by atoms with E-state index >= 15 is 0 Å². The maximum absolute atomic E-state index is 12.7. The quantitative estimate of drug-likeness (QED) is 0.942. The number of piperidine rings is 1. The molecule has 0 aliphatic carbocycles. The minimum atomic E-state index is -0.440. The Hall–Kier alpha value is -2.62. The molecule has 2 N–H and O–H groups in total. The maximum atomic E-state index is 12.7.